The van der Waals surface area contributed by atoms with E-state index in [-0.39, 0.29) is 0 Å². The molecule has 1 aliphatic rings. The van der Waals surface area contributed by atoms with Gasteiger partial charge < -0.3 is 4.90 Å². The summed E-state index contributed by atoms with van der Waals surface area (Å²) in [4.78, 5) is 2.28. The summed E-state index contributed by atoms with van der Waals surface area (Å²) >= 11 is 0. The molecule has 0 bridgehead atoms. The number of benzene rings is 3. The lowest BCUT2D eigenvalue weighted by atomic mass is 10.1. The molecule has 5 aromatic rings. The van der Waals surface area contributed by atoms with E-state index in [1.807, 2.05) is 0 Å². The summed E-state index contributed by atoms with van der Waals surface area (Å²) < 4.78 is 4.70. The average molecular weight is 468 g/mol. The van der Waals surface area contributed by atoms with Gasteiger partial charge in [-0.25, -0.2) is 0 Å². The Morgan fingerprint density at radius 2 is 1.08 bits per heavy atom. The Morgan fingerprint density at radius 1 is 0.556 bits per heavy atom. The Morgan fingerprint density at radius 3 is 1.72 bits per heavy atom. The molecule has 0 atom stereocenters. The molecule has 0 radical (unpaired) electrons. The number of aromatic nitrogens is 2. The fourth-order valence-electron chi connectivity index (χ4n) is 4.86. The maximum absolute atomic E-state index is 2.35. The van der Waals surface area contributed by atoms with Crippen LogP contribution in [0.1, 0.15) is 16.7 Å². The Labute approximate surface area is 212 Å². The highest BCUT2D eigenvalue weighted by atomic mass is 15.1. The summed E-state index contributed by atoms with van der Waals surface area (Å²) in [5, 5.41) is 0. The Hall–Kier alpha value is -4.50. The predicted molar refractivity (Wildman–Crippen MR) is 147 cm³/mol. The molecule has 174 valence electrons. The maximum atomic E-state index is 2.35. The van der Waals surface area contributed by atoms with Crippen LogP contribution in [0.4, 0.5) is 17.1 Å². The first-order valence-corrected chi connectivity index (χ1v) is 12.5. The van der Waals surface area contributed by atoms with E-state index < -0.39 is 0 Å². The van der Waals surface area contributed by atoms with E-state index in [1.165, 1.54) is 28.1 Å². The number of para-hydroxylation sites is 2. The molecule has 0 spiro atoms. The van der Waals surface area contributed by atoms with Crippen molar-refractivity contribution >= 4 is 29.2 Å². The maximum Gasteiger partial charge on any atom is 0.278 e. The van der Waals surface area contributed by atoms with Gasteiger partial charge in [0.25, 0.3) is 11.4 Å². The number of anilines is 3. The zero-order chi connectivity index (χ0) is 24.3. The van der Waals surface area contributed by atoms with Crippen molar-refractivity contribution in [2.75, 3.05) is 4.90 Å². The van der Waals surface area contributed by atoms with Crippen LogP contribution in [0, 0.1) is 6.92 Å². The van der Waals surface area contributed by atoms with Gasteiger partial charge in [-0.1, -0.05) is 60.7 Å². The van der Waals surface area contributed by atoms with Crippen LogP contribution in [0.2, 0.25) is 0 Å². The van der Waals surface area contributed by atoms with Gasteiger partial charge in [0.05, 0.1) is 0 Å². The molecule has 36 heavy (non-hydrogen) atoms. The van der Waals surface area contributed by atoms with Gasteiger partial charge in [-0.05, 0) is 60.0 Å². The van der Waals surface area contributed by atoms with E-state index in [0.29, 0.717) is 0 Å². The minimum atomic E-state index is 1.00. The first kappa shape index (κ1) is 22.0. The summed E-state index contributed by atoms with van der Waals surface area (Å²) in [6.45, 7) is 4.17. The van der Waals surface area contributed by atoms with Crippen molar-refractivity contribution in [3.05, 3.63) is 138 Å². The summed E-state index contributed by atoms with van der Waals surface area (Å²) in [6, 6.07) is 38.7. The molecule has 3 aromatic carbocycles. The molecule has 3 heteroatoms. The minimum absolute atomic E-state index is 1.00. The topological polar surface area (TPSA) is 11.0 Å². The molecular weight excluding hydrogens is 438 g/mol. The van der Waals surface area contributed by atoms with Crippen LogP contribution in [-0.2, 0) is 13.1 Å². The molecule has 3 nitrogen and oxygen atoms in total. The summed E-state index contributed by atoms with van der Waals surface area (Å²) in [5.41, 5.74) is 9.64. The van der Waals surface area contributed by atoms with Crippen LogP contribution in [0.3, 0.4) is 0 Å². The molecule has 6 rings (SSSR count). The second-order valence-electron chi connectivity index (χ2n) is 9.25. The van der Waals surface area contributed by atoms with Crippen LogP contribution < -0.4 is 14.0 Å². The molecule has 0 saturated carbocycles. The highest BCUT2D eigenvalue weighted by molar-refractivity contribution is 5.78. The van der Waals surface area contributed by atoms with Gasteiger partial charge in [0.2, 0.25) is 13.1 Å². The first-order valence-electron chi connectivity index (χ1n) is 12.5. The average Bonchev–Trinajstić information content (AvgIpc) is 2.94. The zero-order valence-electron chi connectivity index (χ0n) is 20.5. The number of rotatable bonds is 5. The summed E-state index contributed by atoms with van der Waals surface area (Å²) in [7, 11) is 0. The molecule has 0 amide bonds. The van der Waals surface area contributed by atoms with Crippen molar-refractivity contribution in [2.24, 2.45) is 0 Å². The molecule has 2 aromatic heterocycles. The molecule has 0 N–H and O–H groups in total. The predicted octanol–water partition coefficient (Wildman–Crippen LogP) is 6.89. The number of hydrogen-bond donors (Lipinski definition) is 0. The molecule has 1 aliphatic heterocycles. The number of hydrogen-bond acceptors (Lipinski definition) is 1. The monoisotopic (exact) mass is 467 g/mol. The van der Waals surface area contributed by atoms with E-state index in [4.69, 9.17) is 0 Å². The molecular formula is C33H29N3+2. The number of aryl methyl sites for hydroxylation is 3. The third kappa shape index (κ3) is 4.44. The lowest BCUT2D eigenvalue weighted by Crippen LogP contribution is -2.53. The van der Waals surface area contributed by atoms with Gasteiger partial charge in [-0.15, -0.1) is 0 Å². The second kappa shape index (κ2) is 9.63. The second-order valence-corrected chi connectivity index (χ2v) is 9.25. The van der Waals surface area contributed by atoms with E-state index in [9.17, 15) is 0 Å². The quantitative estimate of drug-likeness (QED) is 0.256. The number of nitrogens with zero attached hydrogens (tertiary/aromatic N) is 3. The fraction of sp³-hybridized carbons (Fsp3) is 0.0909. The minimum Gasteiger partial charge on any atom is -0.311 e. The number of pyridine rings is 2. The summed E-state index contributed by atoms with van der Waals surface area (Å²) in [5.74, 6) is 0. The SMILES string of the molecule is Cc1cc[n+]2c(c1)-c1cc(/C=C/c3ccc(N(c4ccccc4)c4ccccc4)cc3)cc[n+]1CC2. The van der Waals surface area contributed by atoms with E-state index >= 15 is 0 Å². The van der Waals surface area contributed by atoms with E-state index in [0.717, 1.165) is 30.2 Å². The van der Waals surface area contributed by atoms with E-state index in [2.05, 4.69) is 155 Å². The van der Waals surface area contributed by atoms with Crippen molar-refractivity contribution in [1.29, 1.82) is 0 Å². The van der Waals surface area contributed by atoms with Crippen LogP contribution >= 0.6 is 0 Å². The Bertz CT molecular complexity index is 1480. The lowest BCUT2D eigenvalue weighted by Gasteiger charge is -2.25. The smallest absolute Gasteiger partial charge is 0.278 e. The number of fused-ring (bicyclic) bond motifs is 3. The van der Waals surface area contributed by atoms with Gasteiger partial charge >= 0.3 is 0 Å². The van der Waals surface area contributed by atoms with Crippen LogP contribution in [-0.4, -0.2) is 0 Å². The van der Waals surface area contributed by atoms with Crippen molar-refractivity contribution in [2.45, 2.75) is 20.0 Å². The highest BCUT2D eigenvalue weighted by Crippen LogP contribution is 2.34. The van der Waals surface area contributed by atoms with Crippen LogP contribution in [0.5, 0.6) is 0 Å². The van der Waals surface area contributed by atoms with Gasteiger partial charge in [0.15, 0.2) is 12.4 Å². The molecule has 3 heterocycles. The largest absolute Gasteiger partial charge is 0.311 e. The Kier molecular flexibility index (Phi) is 5.88. The lowest BCUT2D eigenvalue weighted by molar-refractivity contribution is -0.794. The molecule has 0 saturated heterocycles. The molecule has 0 fully saturated rings. The fourth-order valence-corrected chi connectivity index (χ4v) is 4.86. The first-order chi connectivity index (χ1) is 17.7. The summed E-state index contributed by atoms with van der Waals surface area (Å²) in [6.07, 6.45) is 8.81. The van der Waals surface area contributed by atoms with Crippen LogP contribution in [0.15, 0.2) is 122 Å². The van der Waals surface area contributed by atoms with Crippen LogP contribution in [0.25, 0.3) is 23.5 Å². The third-order valence-electron chi connectivity index (χ3n) is 6.74. The highest BCUT2D eigenvalue weighted by Gasteiger charge is 2.29. The molecule has 0 aliphatic carbocycles. The molecule has 0 unspecified atom stereocenters. The van der Waals surface area contributed by atoms with Crippen molar-refractivity contribution < 1.29 is 9.13 Å². The van der Waals surface area contributed by atoms with Crippen molar-refractivity contribution in [3.8, 4) is 11.4 Å². The zero-order valence-corrected chi connectivity index (χ0v) is 20.5. The standard InChI is InChI=1S/C33H29N3/c1-26-18-20-34-22-23-35-21-19-28(25-33(35)32(34)24-26)13-12-27-14-16-31(17-15-27)36(29-8-4-2-5-9-29)30-10-6-3-7-11-30/h2-21,24-25H,22-23H2,1H3/q+2. The Balaban J connectivity index is 1.28. The van der Waals surface area contributed by atoms with Crippen molar-refractivity contribution in [1.82, 2.24) is 0 Å². The van der Waals surface area contributed by atoms with Gasteiger partial charge in [-0.3, -0.25) is 0 Å². The van der Waals surface area contributed by atoms with Gasteiger partial charge in [-0.2, -0.15) is 9.13 Å². The normalized spacial score (nSPS) is 12.2. The van der Waals surface area contributed by atoms with Crippen molar-refractivity contribution in [3.63, 3.8) is 0 Å². The van der Waals surface area contributed by atoms with Gasteiger partial charge in [0.1, 0.15) is 0 Å². The van der Waals surface area contributed by atoms with E-state index in [1.54, 1.807) is 0 Å². The third-order valence-corrected chi connectivity index (χ3v) is 6.74. The van der Waals surface area contributed by atoms with Gasteiger partial charge in [0, 0.05) is 41.3 Å².